The molecule has 3 aromatic heterocycles. The molecule has 0 radical (unpaired) electrons. The summed E-state index contributed by atoms with van der Waals surface area (Å²) in [5, 5.41) is 0. The van der Waals surface area contributed by atoms with Crippen molar-refractivity contribution >= 4 is 56.3 Å². The number of nitrogens with zero attached hydrogens (tertiary/aromatic N) is 2. The van der Waals surface area contributed by atoms with E-state index >= 15 is 0 Å². The number of allylic oxidation sites excluding steroid dienone is 4. The minimum Gasteiger partial charge on any atom is -0.461 e. The van der Waals surface area contributed by atoms with Gasteiger partial charge in [-0.1, -0.05) is 76.2 Å². The van der Waals surface area contributed by atoms with Crippen LogP contribution < -0.4 is 0 Å². The van der Waals surface area contributed by atoms with Gasteiger partial charge in [-0.25, -0.2) is 9.97 Å². The topological polar surface area (TPSA) is 110 Å². The normalized spacial score (nSPS) is 16.8. The van der Waals surface area contributed by atoms with Crippen molar-refractivity contribution < 1.29 is 19.1 Å². The van der Waals surface area contributed by atoms with E-state index in [0.29, 0.717) is 0 Å². The Kier molecular flexibility index (Phi) is 11.4. The molecule has 0 fully saturated rings. The molecule has 0 saturated carbocycles. The largest absolute Gasteiger partial charge is 0.461 e. The number of ether oxygens (including phenoxy) is 2. The van der Waals surface area contributed by atoms with E-state index in [2.05, 4.69) is 70.6 Å². The third kappa shape index (κ3) is 7.74. The number of rotatable bonds is 8. The maximum Gasteiger partial charge on any atom is 0.308 e. The van der Waals surface area contributed by atoms with Crippen LogP contribution in [0.1, 0.15) is 161 Å². The first-order valence-corrected chi connectivity index (χ1v) is 25.0. The molecule has 0 amide bonds. The SMILES string of the molecule is CC(C)C(=O)OCc1ccc(-c2c3nc(cc4[nH]c(c5c4CCCC5)c(-c4ccc(COC(=O)C(C)C)cc4)c4[nH]c(cc5nc2C2=C5CCCC2)c2c4CCCC2)C2=C3CCCC2)cc1. The van der Waals surface area contributed by atoms with Gasteiger partial charge in [0.2, 0.25) is 0 Å². The number of hydrogen-bond donors (Lipinski definition) is 2. The first-order chi connectivity index (χ1) is 32.2. The molecule has 0 spiro atoms. The highest BCUT2D eigenvalue weighted by atomic mass is 16.5. The van der Waals surface area contributed by atoms with Crippen molar-refractivity contribution in [2.75, 3.05) is 0 Å². The molecule has 0 atom stereocenters. The Bertz CT molecular complexity index is 2880. The van der Waals surface area contributed by atoms with Crippen LogP contribution in [0.25, 0.3) is 66.6 Å². The summed E-state index contributed by atoms with van der Waals surface area (Å²) in [5.41, 5.74) is 26.8. The van der Waals surface area contributed by atoms with Gasteiger partial charge in [0.25, 0.3) is 0 Å². The van der Waals surface area contributed by atoms with Crippen molar-refractivity contribution in [1.82, 2.24) is 19.9 Å². The van der Waals surface area contributed by atoms with E-state index in [1.165, 1.54) is 85.0 Å². The van der Waals surface area contributed by atoms with Crippen molar-refractivity contribution in [3.05, 3.63) is 117 Å². The predicted molar refractivity (Wildman–Crippen MR) is 265 cm³/mol. The fourth-order valence-electron chi connectivity index (χ4n) is 11.5. The van der Waals surface area contributed by atoms with E-state index in [4.69, 9.17) is 19.4 Å². The van der Waals surface area contributed by atoms with E-state index in [-0.39, 0.29) is 37.0 Å². The van der Waals surface area contributed by atoms with Crippen LogP contribution in [-0.2, 0) is 58.0 Å². The Morgan fingerprint density at radius 1 is 0.485 bits per heavy atom. The van der Waals surface area contributed by atoms with Gasteiger partial charge >= 0.3 is 11.9 Å². The van der Waals surface area contributed by atoms with E-state index in [1.54, 1.807) is 0 Å². The summed E-state index contributed by atoms with van der Waals surface area (Å²) in [6, 6.07) is 22.1. The first kappa shape index (κ1) is 42.6. The molecule has 2 N–H and O–H groups in total. The molecule has 338 valence electrons. The average molecular weight is 879 g/mol. The summed E-state index contributed by atoms with van der Waals surface area (Å²) in [6.45, 7) is 8.01. The summed E-state index contributed by atoms with van der Waals surface area (Å²) in [5.74, 6) is -0.698. The summed E-state index contributed by atoms with van der Waals surface area (Å²) in [6.07, 6.45) is 17.4. The van der Waals surface area contributed by atoms with E-state index in [0.717, 1.165) is 140 Å². The molecule has 5 heterocycles. The lowest BCUT2D eigenvalue weighted by Gasteiger charge is -2.18. The molecule has 8 bridgehead atoms. The summed E-state index contributed by atoms with van der Waals surface area (Å²) >= 11 is 0. The Morgan fingerprint density at radius 2 is 0.848 bits per heavy atom. The smallest absolute Gasteiger partial charge is 0.308 e. The standard InChI is InChI=1S/C58H62N4O4/c1-33(2)57(63)65-31-35-21-25-37(26-22-35)51-53-43-17-9-5-13-39(43)47(59-53)29-49-41-15-7-11-19-45(41)55(61-49)52(38-27-23-36(24-28-38)32-66-58(64)34(3)4)56-46-20-12-8-16-42(46)50(62-56)30-48-40-14-6-10-18-44(40)54(51)60-48/h21-30,33-34,59-60H,5-20,31-32H2,1-4H3. The molecule has 66 heavy (non-hydrogen) atoms. The second-order valence-corrected chi connectivity index (χ2v) is 20.1. The summed E-state index contributed by atoms with van der Waals surface area (Å²) in [7, 11) is 0. The highest BCUT2D eigenvalue weighted by Crippen LogP contribution is 2.50. The third-order valence-electron chi connectivity index (χ3n) is 15.0. The van der Waals surface area contributed by atoms with Gasteiger partial charge in [-0.3, -0.25) is 9.59 Å². The van der Waals surface area contributed by atoms with Crippen molar-refractivity contribution in [2.45, 2.75) is 144 Å². The number of esters is 2. The van der Waals surface area contributed by atoms with Crippen molar-refractivity contribution in [1.29, 1.82) is 0 Å². The van der Waals surface area contributed by atoms with E-state index < -0.39 is 0 Å². The Morgan fingerprint density at radius 3 is 1.26 bits per heavy atom. The molecule has 8 heteroatoms. The van der Waals surface area contributed by atoms with E-state index in [9.17, 15) is 9.59 Å². The number of aromatic nitrogens is 4. The molecule has 11 rings (SSSR count). The molecule has 2 aromatic carbocycles. The van der Waals surface area contributed by atoms with Gasteiger partial charge < -0.3 is 19.4 Å². The number of carbonyl (C=O) groups is 2. The highest BCUT2D eigenvalue weighted by molar-refractivity contribution is 6.04. The fraction of sp³-hybridized carbons (Fsp3) is 0.414. The predicted octanol–water partition coefficient (Wildman–Crippen LogP) is 13.8. The van der Waals surface area contributed by atoms with Crippen LogP contribution in [0.5, 0.6) is 0 Å². The van der Waals surface area contributed by atoms with Crippen LogP contribution in [0.3, 0.4) is 0 Å². The molecule has 0 saturated heterocycles. The number of aromatic amines is 2. The Labute approximate surface area is 388 Å². The first-order valence-electron chi connectivity index (χ1n) is 25.0. The lowest BCUT2D eigenvalue weighted by atomic mass is 9.84. The van der Waals surface area contributed by atoms with Crippen LogP contribution in [0, 0.1) is 11.8 Å². The maximum absolute atomic E-state index is 12.4. The minimum atomic E-state index is -0.185. The van der Waals surface area contributed by atoms with E-state index in [1.807, 2.05) is 27.7 Å². The lowest BCUT2D eigenvalue weighted by molar-refractivity contribution is -0.149. The quantitative estimate of drug-likeness (QED) is 0.150. The molecular weight excluding hydrogens is 817 g/mol. The number of benzene rings is 2. The molecular formula is C58H62N4O4. The van der Waals surface area contributed by atoms with Gasteiger partial charge in [-0.2, -0.15) is 0 Å². The maximum atomic E-state index is 12.4. The van der Waals surface area contributed by atoms with Gasteiger partial charge in [0.1, 0.15) is 13.2 Å². The minimum absolute atomic E-state index is 0.165. The molecule has 4 aliphatic carbocycles. The van der Waals surface area contributed by atoms with Gasteiger partial charge in [0.05, 0.1) is 45.6 Å². The number of fused-ring (bicyclic) bond motifs is 18. The molecule has 6 aliphatic rings. The van der Waals surface area contributed by atoms with Crippen LogP contribution in [0.15, 0.2) is 60.7 Å². The van der Waals surface area contributed by atoms with Crippen LogP contribution >= 0.6 is 0 Å². The third-order valence-corrected chi connectivity index (χ3v) is 15.0. The van der Waals surface area contributed by atoms with Crippen LogP contribution in [-0.4, -0.2) is 31.9 Å². The second-order valence-electron chi connectivity index (χ2n) is 20.1. The molecule has 2 aliphatic heterocycles. The van der Waals surface area contributed by atoms with Gasteiger partial charge in [-0.15, -0.1) is 0 Å². The van der Waals surface area contributed by atoms with Crippen LogP contribution in [0.2, 0.25) is 0 Å². The monoisotopic (exact) mass is 878 g/mol. The number of hydrogen-bond acceptors (Lipinski definition) is 6. The molecule has 5 aromatic rings. The zero-order chi connectivity index (χ0) is 45.1. The Hall–Kier alpha value is -6.02. The average Bonchev–Trinajstić information content (AvgIpc) is 4.10. The highest BCUT2D eigenvalue weighted by Gasteiger charge is 2.32. The molecule has 8 nitrogen and oxygen atoms in total. The van der Waals surface area contributed by atoms with Crippen LogP contribution in [0.4, 0.5) is 0 Å². The number of H-pyrrole nitrogens is 2. The Balaban J connectivity index is 1.21. The lowest BCUT2D eigenvalue weighted by Crippen LogP contribution is -2.11. The fourth-order valence-corrected chi connectivity index (χ4v) is 11.5. The zero-order valence-corrected chi connectivity index (χ0v) is 39.2. The second kappa shape index (κ2) is 17.7. The summed E-state index contributed by atoms with van der Waals surface area (Å²) in [4.78, 5) is 44.7. The number of carbonyl (C=O) groups excluding carboxylic acids is 2. The molecule has 0 unspecified atom stereocenters. The number of nitrogens with one attached hydrogen (secondary N) is 2. The van der Waals surface area contributed by atoms with Gasteiger partial charge in [0, 0.05) is 22.2 Å². The van der Waals surface area contributed by atoms with Crippen molar-refractivity contribution in [3.8, 4) is 22.3 Å². The number of aryl methyl sites for hydroxylation is 4. The van der Waals surface area contributed by atoms with Crippen molar-refractivity contribution in [2.24, 2.45) is 11.8 Å². The summed E-state index contributed by atoms with van der Waals surface area (Å²) < 4.78 is 11.3. The van der Waals surface area contributed by atoms with Gasteiger partial charge in [0.15, 0.2) is 0 Å². The van der Waals surface area contributed by atoms with Gasteiger partial charge in [-0.05, 0) is 182 Å². The zero-order valence-electron chi connectivity index (χ0n) is 39.2. The van der Waals surface area contributed by atoms with Crippen molar-refractivity contribution in [3.63, 3.8) is 0 Å².